The summed E-state index contributed by atoms with van der Waals surface area (Å²) in [5.41, 5.74) is -0.721. The first-order chi connectivity index (χ1) is 12.6. The van der Waals surface area contributed by atoms with Crippen LogP contribution in [0.15, 0.2) is 18.2 Å². The highest BCUT2D eigenvalue weighted by molar-refractivity contribution is 6.06. The fourth-order valence-electron chi connectivity index (χ4n) is 2.70. The average Bonchev–Trinajstić information content (AvgIpc) is 2.58. The monoisotopic (exact) mass is 376 g/mol. The molecule has 2 amide bonds. The average molecular weight is 376 g/mol. The van der Waals surface area contributed by atoms with Crippen LogP contribution in [0.25, 0.3) is 0 Å². The molecule has 0 spiro atoms. The van der Waals surface area contributed by atoms with Crippen LogP contribution in [0.3, 0.4) is 0 Å². The van der Waals surface area contributed by atoms with Crippen LogP contribution in [0.4, 0.5) is 5.69 Å². The molecule has 1 aromatic rings. The molecular formula is C19H24N2O6. The Kier molecular flexibility index (Phi) is 5.88. The molecule has 0 saturated heterocycles. The number of nitrogens with one attached hydrogen (secondary N) is 1. The number of carbonyl (C=O) groups is 4. The van der Waals surface area contributed by atoms with E-state index in [2.05, 4.69) is 5.32 Å². The van der Waals surface area contributed by atoms with Crippen LogP contribution in [0.2, 0.25) is 0 Å². The van der Waals surface area contributed by atoms with Crippen molar-refractivity contribution in [2.24, 2.45) is 0 Å². The second-order valence-corrected chi connectivity index (χ2v) is 7.02. The zero-order chi connectivity index (χ0) is 20.4. The Morgan fingerprint density at radius 2 is 1.96 bits per heavy atom. The molecule has 1 aliphatic rings. The second kappa shape index (κ2) is 7.77. The van der Waals surface area contributed by atoms with E-state index < -0.39 is 29.4 Å². The van der Waals surface area contributed by atoms with Crippen molar-refractivity contribution in [2.45, 2.75) is 52.2 Å². The van der Waals surface area contributed by atoms with Gasteiger partial charge in [-0.25, -0.2) is 4.79 Å². The maximum atomic E-state index is 12.5. The Hall–Kier alpha value is -2.90. The van der Waals surface area contributed by atoms with Gasteiger partial charge in [0, 0.05) is 12.0 Å². The predicted molar refractivity (Wildman–Crippen MR) is 98.0 cm³/mol. The van der Waals surface area contributed by atoms with Crippen molar-refractivity contribution in [3.05, 3.63) is 23.8 Å². The van der Waals surface area contributed by atoms with E-state index in [0.29, 0.717) is 29.8 Å². The first kappa shape index (κ1) is 20.4. The first-order valence-corrected chi connectivity index (χ1v) is 8.76. The molecule has 1 heterocycles. The van der Waals surface area contributed by atoms with Gasteiger partial charge in [-0.2, -0.15) is 0 Å². The highest BCUT2D eigenvalue weighted by Gasteiger charge is 2.35. The summed E-state index contributed by atoms with van der Waals surface area (Å²) in [6.07, 6.45) is 0.269. The molecule has 0 aromatic heterocycles. The Labute approximate surface area is 157 Å². The fourth-order valence-corrected chi connectivity index (χ4v) is 2.70. The Morgan fingerprint density at radius 1 is 1.30 bits per heavy atom. The van der Waals surface area contributed by atoms with Gasteiger partial charge >= 0.3 is 5.97 Å². The number of aliphatic carboxylic acids is 1. The lowest BCUT2D eigenvalue weighted by Crippen LogP contribution is -2.55. The van der Waals surface area contributed by atoms with Crippen molar-refractivity contribution >= 4 is 29.3 Å². The van der Waals surface area contributed by atoms with Crippen LogP contribution in [0.5, 0.6) is 5.75 Å². The number of hydrogen-bond donors (Lipinski definition) is 2. The number of anilines is 1. The minimum Gasteiger partial charge on any atom is -0.480 e. The minimum atomic E-state index is -1.47. The van der Waals surface area contributed by atoms with E-state index in [9.17, 15) is 19.2 Å². The van der Waals surface area contributed by atoms with Gasteiger partial charge in [-0.1, -0.05) is 6.92 Å². The summed E-state index contributed by atoms with van der Waals surface area (Å²) in [5, 5.41) is 11.5. The summed E-state index contributed by atoms with van der Waals surface area (Å²) < 4.78 is 5.56. The Bertz CT molecular complexity index is 786. The van der Waals surface area contributed by atoms with Crippen LogP contribution in [0, 0.1) is 0 Å². The minimum absolute atomic E-state index is 0.0669. The lowest BCUT2D eigenvalue weighted by atomic mass is 10.0. The number of carboxylic acids is 1. The van der Waals surface area contributed by atoms with E-state index in [-0.39, 0.29) is 12.3 Å². The lowest BCUT2D eigenvalue weighted by molar-refractivity contribution is -0.145. The molecule has 1 aromatic carbocycles. The Balaban J connectivity index is 2.32. The number of fused-ring (bicyclic) bond motifs is 1. The summed E-state index contributed by atoms with van der Waals surface area (Å²) in [4.78, 5) is 49.5. The van der Waals surface area contributed by atoms with E-state index in [1.165, 1.54) is 24.8 Å². The summed E-state index contributed by atoms with van der Waals surface area (Å²) in [7, 11) is 0. The van der Waals surface area contributed by atoms with Crippen LogP contribution in [-0.4, -0.2) is 46.9 Å². The van der Waals surface area contributed by atoms with Crippen molar-refractivity contribution in [3.8, 4) is 5.75 Å². The van der Waals surface area contributed by atoms with Crippen molar-refractivity contribution in [1.82, 2.24) is 5.32 Å². The molecular weight excluding hydrogens is 352 g/mol. The smallest absolute Gasteiger partial charge is 0.328 e. The summed E-state index contributed by atoms with van der Waals surface area (Å²) in [6.45, 7) is 5.79. The molecule has 0 bridgehead atoms. The summed E-state index contributed by atoms with van der Waals surface area (Å²) in [5.74, 6) is -1.93. The van der Waals surface area contributed by atoms with Crippen molar-refractivity contribution in [3.63, 3.8) is 0 Å². The number of Topliss-reactive ketones (excluding diaryl/α,β-unsaturated/α-hetero) is 1. The molecule has 1 atom stereocenters. The number of hydrogen-bond acceptors (Lipinski definition) is 5. The van der Waals surface area contributed by atoms with Gasteiger partial charge in [-0.3, -0.25) is 19.3 Å². The van der Waals surface area contributed by atoms with Gasteiger partial charge in [-0.15, -0.1) is 0 Å². The molecule has 2 rings (SSSR count). The largest absolute Gasteiger partial charge is 0.480 e. The third-order valence-corrected chi connectivity index (χ3v) is 4.25. The molecule has 27 heavy (non-hydrogen) atoms. The summed E-state index contributed by atoms with van der Waals surface area (Å²) in [6, 6.07) is 4.77. The quantitative estimate of drug-likeness (QED) is 0.701. The molecule has 8 heteroatoms. The maximum Gasteiger partial charge on any atom is 0.328 e. The second-order valence-electron chi connectivity index (χ2n) is 7.02. The van der Waals surface area contributed by atoms with Gasteiger partial charge in [-0.05, 0) is 45.4 Å². The molecule has 1 unspecified atom stereocenters. The first-order valence-electron chi connectivity index (χ1n) is 8.76. The third kappa shape index (κ3) is 4.45. The van der Waals surface area contributed by atoms with Crippen molar-refractivity contribution in [1.29, 1.82) is 0 Å². The predicted octanol–water partition coefficient (Wildman–Crippen LogP) is 1.76. The summed E-state index contributed by atoms with van der Waals surface area (Å²) >= 11 is 0. The highest BCUT2D eigenvalue weighted by Crippen LogP contribution is 2.35. The number of carboxylic acid groups (broad SMARTS) is 1. The van der Waals surface area contributed by atoms with E-state index in [0.717, 1.165) is 0 Å². The molecule has 0 radical (unpaired) electrons. The van der Waals surface area contributed by atoms with Gasteiger partial charge in [0.1, 0.15) is 17.8 Å². The molecule has 1 aliphatic heterocycles. The normalized spacial score (nSPS) is 16.4. The van der Waals surface area contributed by atoms with Gasteiger partial charge in [0.15, 0.2) is 11.9 Å². The number of amides is 2. The number of ether oxygens (including phenoxy) is 1. The molecule has 0 fully saturated rings. The SMILES string of the molecule is CCCC(=O)c1ccc2c(c1)N(CC(=O)NC(C)(C)C(=O)O)C(=O)C(C)O2. The van der Waals surface area contributed by atoms with Crippen LogP contribution in [0.1, 0.15) is 50.9 Å². The third-order valence-electron chi connectivity index (χ3n) is 4.25. The number of rotatable bonds is 7. The number of nitrogens with zero attached hydrogens (tertiary/aromatic N) is 1. The van der Waals surface area contributed by atoms with Crippen molar-refractivity contribution in [2.75, 3.05) is 11.4 Å². The van der Waals surface area contributed by atoms with E-state index in [4.69, 9.17) is 9.84 Å². The van der Waals surface area contributed by atoms with Crippen molar-refractivity contribution < 1.29 is 29.0 Å². The number of benzene rings is 1. The van der Waals surface area contributed by atoms with Gasteiger partial charge in [0.05, 0.1) is 5.69 Å². The van der Waals surface area contributed by atoms with E-state index in [1.807, 2.05) is 6.92 Å². The maximum absolute atomic E-state index is 12.5. The highest BCUT2D eigenvalue weighted by atomic mass is 16.5. The van der Waals surface area contributed by atoms with Gasteiger partial charge in [0.2, 0.25) is 5.91 Å². The van der Waals surface area contributed by atoms with Crippen LogP contribution >= 0.6 is 0 Å². The molecule has 146 valence electrons. The van der Waals surface area contributed by atoms with Gasteiger partial charge < -0.3 is 15.2 Å². The molecule has 0 aliphatic carbocycles. The number of ketones is 1. The lowest BCUT2D eigenvalue weighted by Gasteiger charge is -2.33. The Morgan fingerprint density at radius 3 is 2.56 bits per heavy atom. The molecule has 0 saturated carbocycles. The molecule has 8 nitrogen and oxygen atoms in total. The van der Waals surface area contributed by atoms with Crippen LogP contribution in [-0.2, 0) is 14.4 Å². The van der Waals surface area contributed by atoms with E-state index >= 15 is 0 Å². The fraction of sp³-hybridized carbons (Fsp3) is 0.474. The van der Waals surface area contributed by atoms with E-state index in [1.54, 1.807) is 19.1 Å². The zero-order valence-corrected chi connectivity index (χ0v) is 15.9. The van der Waals surface area contributed by atoms with Crippen LogP contribution < -0.4 is 15.0 Å². The molecule has 2 N–H and O–H groups in total. The number of carbonyl (C=O) groups excluding carboxylic acids is 3. The standard InChI is InChI=1S/C19H24N2O6/c1-5-6-14(22)12-7-8-15-13(9-12)21(17(24)11(2)27-15)10-16(23)20-19(3,4)18(25)26/h7-9,11H,5-6,10H2,1-4H3,(H,20,23)(H,25,26). The topological polar surface area (TPSA) is 113 Å². The van der Waals surface area contributed by atoms with Gasteiger partial charge in [0.25, 0.3) is 5.91 Å². The zero-order valence-electron chi connectivity index (χ0n) is 15.9.